The molecule has 0 unspecified atom stereocenters. The molecule has 0 spiro atoms. The first kappa shape index (κ1) is 20.0. The van der Waals surface area contributed by atoms with Gasteiger partial charge in [0.2, 0.25) is 0 Å². The number of rotatable bonds is 8. The fourth-order valence-corrected chi connectivity index (χ4v) is 2.70. The average Bonchev–Trinajstić information content (AvgIpc) is 2.75. The summed E-state index contributed by atoms with van der Waals surface area (Å²) in [5.41, 5.74) is 2.39. The molecule has 2 N–H and O–H groups in total. The van der Waals surface area contributed by atoms with Gasteiger partial charge in [-0.3, -0.25) is 9.78 Å². The standard InChI is InChI=1S/C22H23N3O4/c1-4-29-17-7-5-15(6-8-17)24-16-11-12-23-20(13-16)22(26)25-19-14-18(27-2)9-10-21(19)28-3/h5-14H,4H2,1-3H3,(H,23,24)(H,25,26). The summed E-state index contributed by atoms with van der Waals surface area (Å²) in [7, 11) is 3.10. The number of aromatic nitrogens is 1. The Morgan fingerprint density at radius 1 is 0.931 bits per heavy atom. The Kier molecular flexibility index (Phi) is 6.52. The van der Waals surface area contributed by atoms with E-state index in [0.717, 1.165) is 17.1 Å². The minimum Gasteiger partial charge on any atom is -0.497 e. The van der Waals surface area contributed by atoms with Crippen LogP contribution in [0.3, 0.4) is 0 Å². The summed E-state index contributed by atoms with van der Waals surface area (Å²) in [4.78, 5) is 16.9. The van der Waals surface area contributed by atoms with Gasteiger partial charge in [0.25, 0.3) is 5.91 Å². The van der Waals surface area contributed by atoms with Crippen LogP contribution in [0.1, 0.15) is 17.4 Å². The summed E-state index contributed by atoms with van der Waals surface area (Å²) >= 11 is 0. The Bertz CT molecular complexity index is 974. The molecule has 1 heterocycles. The predicted molar refractivity (Wildman–Crippen MR) is 113 cm³/mol. The van der Waals surface area contributed by atoms with Crippen LogP contribution in [0.15, 0.2) is 60.8 Å². The van der Waals surface area contributed by atoms with Crippen LogP contribution < -0.4 is 24.8 Å². The van der Waals surface area contributed by atoms with Gasteiger partial charge in [-0.1, -0.05) is 0 Å². The number of amides is 1. The third kappa shape index (κ3) is 5.16. The highest BCUT2D eigenvalue weighted by Gasteiger charge is 2.13. The molecule has 1 aromatic heterocycles. The van der Waals surface area contributed by atoms with Crippen LogP contribution >= 0.6 is 0 Å². The second-order valence-electron chi connectivity index (χ2n) is 6.03. The van der Waals surface area contributed by atoms with Crippen LogP contribution in [-0.4, -0.2) is 31.7 Å². The average molecular weight is 393 g/mol. The number of anilines is 3. The summed E-state index contributed by atoms with van der Waals surface area (Å²) < 4.78 is 16.0. The first-order valence-electron chi connectivity index (χ1n) is 9.12. The van der Waals surface area contributed by atoms with E-state index in [-0.39, 0.29) is 11.6 Å². The number of ether oxygens (including phenoxy) is 3. The lowest BCUT2D eigenvalue weighted by atomic mass is 10.2. The minimum atomic E-state index is -0.355. The van der Waals surface area contributed by atoms with E-state index < -0.39 is 0 Å². The molecule has 150 valence electrons. The Hall–Kier alpha value is -3.74. The van der Waals surface area contributed by atoms with Gasteiger partial charge in [0.1, 0.15) is 22.9 Å². The molecule has 2 aromatic carbocycles. The minimum absolute atomic E-state index is 0.269. The smallest absolute Gasteiger partial charge is 0.274 e. The van der Waals surface area contributed by atoms with Crippen molar-refractivity contribution in [3.05, 3.63) is 66.5 Å². The van der Waals surface area contributed by atoms with Gasteiger partial charge in [-0.15, -0.1) is 0 Å². The molecule has 7 nitrogen and oxygen atoms in total. The van der Waals surface area contributed by atoms with Gasteiger partial charge in [0.15, 0.2) is 0 Å². The molecular weight excluding hydrogens is 370 g/mol. The maximum absolute atomic E-state index is 12.7. The summed E-state index contributed by atoms with van der Waals surface area (Å²) in [6, 6.07) is 16.2. The van der Waals surface area contributed by atoms with Crippen molar-refractivity contribution in [3.63, 3.8) is 0 Å². The number of hydrogen-bond donors (Lipinski definition) is 2. The molecule has 0 bridgehead atoms. The highest BCUT2D eigenvalue weighted by atomic mass is 16.5. The number of pyridine rings is 1. The Balaban J connectivity index is 1.74. The molecule has 0 atom stereocenters. The van der Waals surface area contributed by atoms with Crippen molar-refractivity contribution in [2.75, 3.05) is 31.5 Å². The third-order valence-corrected chi connectivity index (χ3v) is 4.10. The van der Waals surface area contributed by atoms with Crippen LogP contribution in [0.4, 0.5) is 17.1 Å². The van der Waals surface area contributed by atoms with Crippen LogP contribution in [0, 0.1) is 0 Å². The number of carbonyl (C=O) groups is 1. The lowest BCUT2D eigenvalue weighted by Crippen LogP contribution is -2.14. The second-order valence-corrected chi connectivity index (χ2v) is 6.03. The highest BCUT2D eigenvalue weighted by Crippen LogP contribution is 2.29. The lowest BCUT2D eigenvalue weighted by Gasteiger charge is -2.12. The fraction of sp³-hybridized carbons (Fsp3) is 0.182. The second kappa shape index (κ2) is 9.45. The highest BCUT2D eigenvalue weighted by molar-refractivity contribution is 6.04. The van der Waals surface area contributed by atoms with Gasteiger partial charge in [-0.05, 0) is 55.5 Å². The first-order chi connectivity index (χ1) is 14.1. The van der Waals surface area contributed by atoms with Gasteiger partial charge >= 0.3 is 0 Å². The number of hydrogen-bond acceptors (Lipinski definition) is 6. The van der Waals surface area contributed by atoms with Crippen molar-refractivity contribution in [3.8, 4) is 17.2 Å². The van der Waals surface area contributed by atoms with Crippen molar-refractivity contribution in [1.82, 2.24) is 4.98 Å². The molecule has 0 saturated carbocycles. The molecule has 3 aromatic rings. The summed E-state index contributed by atoms with van der Waals surface area (Å²) in [6.45, 7) is 2.56. The Morgan fingerprint density at radius 3 is 2.38 bits per heavy atom. The molecule has 1 amide bonds. The quantitative estimate of drug-likeness (QED) is 0.587. The normalized spacial score (nSPS) is 10.2. The monoisotopic (exact) mass is 393 g/mol. The van der Waals surface area contributed by atoms with E-state index in [1.54, 1.807) is 43.6 Å². The van der Waals surface area contributed by atoms with E-state index >= 15 is 0 Å². The van der Waals surface area contributed by atoms with Gasteiger partial charge < -0.3 is 24.8 Å². The molecule has 0 radical (unpaired) electrons. The summed E-state index contributed by atoms with van der Waals surface area (Å²) in [5, 5.41) is 6.07. The molecule has 0 saturated heterocycles. The zero-order valence-corrected chi connectivity index (χ0v) is 16.6. The van der Waals surface area contributed by atoms with E-state index in [2.05, 4.69) is 15.6 Å². The van der Waals surface area contributed by atoms with Crippen LogP contribution in [0.5, 0.6) is 17.2 Å². The molecule has 0 aliphatic heterocycles. The summed E-state index contributed by atoms with van der Waals surface area (Å²) in [5.74, 6) is 1.59. The van der Waals surface area contributed by atoms with Gasteiger partial charge in [0, 0.05) is 23.6 Å². The molecule has 3 rings (SSSR count). The number of carbonyl (C=O) groups excluding carboxylic acids is 1. The number of methoxy groups -OCH3 is 2. The van der Waals surface area contributed by atoms with Crippen molar-refractivity contribution in [2.24, 2.45) is 0 Å². The topological polar surface area (TPSA) is 81.7 Å². The molecule has 7 heteroatoms. The van der Waals surface area contributed by atoms with Crippen molar-refractivity contribution in [1.29, 1.82) is 0 Å². The maximum atomic E-state index is 12.7. The third-order valence-electron chi connectivity index (χ3n) is 4.10. The summed E-state index contributed by atoms with van der Waals surface area (Å²) in [6.07, 6.45) is 1.58. The van der Waals surface area contributed by atoms with E-state index in [1.807, 2.05) is 31.2 Å². The zero-order valence-electron chi connectivity index (χ0n) is 16.6. The van der Waals surface area contributed by atoms with Crippen molar-refractivity contribution >= 4 is 23.0 Å². The van der Waals surface area contributed by atoms with Gasteiger partial charge in [0.05, 0.1) is 26.5 Å². The molecule has 0 fully saturated rings. The largest absolute Gasteiger partial charge is 0.497 e. The van der Waals surface area contributed by atoms with E-state index in [1.165, 1.54) is 7.11 Å². The van der Waals surface area contributed by atoms with Gasteiger partial charge in [-0.25, -0.2) is 0 Å². The van der Waals surface area contributed by atoms with E-state index in [4.69, 9.17) is 14.2 Å². The molecule has 0 aliphatic rings. The Labute approximate surface area is 169 Å². The van der Waals surface area contributed by atoms with Crippen LogP contribution in [-0.2, 0) is 0 Å². The SMILES string of the molecule is CCOc1ccc(Nc2ccnc(C(=O)Nc3cc(OC)ccc3OC)c2)cc1. The van der Waals surface area contributed by atoms with Crippen molar-refractivity contribution in [2.45, 2.75) is 6.92 Å². The predicted octanol–water partition coefficient (Wildman–Crippen LogP) is 4.49. The molecule has 0 aliphatic carbocycles. The van der Waals surface area contributed by atoms with Crippen LogP contribution in [0.25, 0.3) is 0 Å². The fourth-order valence-electron chi connectivity index (χ4n) is 2.70. The number of nitrogens with one attached hydrogen (secondary N) is 2. The van der Waals surface area contributed by atoms with Crippen LogP contribution in [0.2, 0.25) is 0 Å². The lowest BCUT2D eigenvalue weighted by molar-refractivity contribution is 0.102. The number of nitrogens with zero attached hydrogens (tertiary/aromatic N) is 1. The van der Waals surface area contributed by atoms with Gasteiger partial charge in [-0.2, -0.15) is 0 Å². The molecular formula is C22H23N3O4. The first-order valence-corrected chi connectivity index (χ1v) is 9.12. The number of benzene rings is 2. The van der Waals surface area contributed by atoms with Crippen molar-refractivity contribution < 1.29 is 19.0 Å². The van der Waals surface area contributed by atoms with E-state index in [0.29, 0.717) is 23.8 Å². The van der Waals surface area contributed by atoms with E-state index in [9.17, 15) is 4.79 Å². The zero-order chi connectivity index (χ0) is 20.6. The maximum Gasteiger partial charge on any atom is 0.274 e. The molecule has 29 heavy (non-hydrogen) atoms. The Morgan fingerprint density at radius 2 is 1.69 bits per heavy atom.